The largest absolute Gasteiger partial charge is 0.461 e. The molecule has 0 spiro atoms. The van der Waals surface area contributed by atoms with E-state index in [1.807, 2.05) is 7.05 Å². The maximum Gasteiger partial charge on any atom is 0.302 e. The van der Waals surface area contributed by atoms with Gasteiger partial charge in [0.25, 0.3) is 0 Å². The second-order valence-electron chi connectivity index (χ2n) is 4.25. The molecule has 1 rings (SSSR count). The van der Waals surface area contributed by atoms with Gasteiger partial charge in [-0.1, -0.05) is 13.3 Å². The van der Waals surface area contributed by atoms with Crippen molar-refractivity contribution in [2.45, 2.75) is 45.4 Å². The minimum atomic E-state index is -0.403. The van der Waals surface area contributed by atoms with Crippen LogP contribution in [0.5, 0.6) is 0 Å². The van der Waals surface area contributed by atoms with Crippen LogP contribution in [0.2, 0.25) is 0 Å². The summed E-state index contributed by atoms with van der Waals surface area (Å²) in [6.07, 6.45) is 1.90. The summed E-state index contributed by atoms with van der Waals surface area (Å²) in [6, 6.07) is 0.382. The number of esters is 1. The van der Waals surface area contributed by atoms with Gasteiger partial charge in [0.05, 0.1) is 6.61 Å². The Balaban J connectivity index is 2.66. The standard InChI is InChI=1S/C11H21NO3/c1-5-6-11(8-14-10(3)13)12(4)9(2)7-15-11/h9H,5-8H2,1-4H3. The number of carbonyl (C=O) groups excluding carboxylic acids is 1. The topological polar surface area (TPSA) is 38.8 Å². The monoisotopic (exact) mass is 215 g/mol. The highest BCUT2D eigenvalue weighted by Crippen LogP contribution is 2.30. The van der Waals surface area contributed by atoms with E-state index in [1.165, 1.54) is 6.92 Å². The Bertz CT molecular complexity index is 228. The zero-order valence-corrected chi connectivity index (χ0v) is 10.1. The van der Waals surface area contributed by atoms with E-state index in [0.717, 1.165) is 12.8 Å². The lowest BCUT2D eigenvalue weighted by molar-refractivity contribution is -0.163. The van der Waals surface area contributed by atoms with Gasteiger partial charge in [0, 0.05) is 13.0 Å². The van der Waals surface area contributed by atoms with Gasteiger partial charge in [-0.05, 0) is 20.4 Å². The first kappa shape index (κ1) is 12.5. The highest BCUT2D eigenvalue weighted by Gasteiger charge is 2.44. The third-order valence-corrected chi connectivity index (χ3v) is 3.04. The summed E-state index contributed by atoms with van der Waals surface area (Å²) >= 11 is 0. The molecule has 15 heavy (non-hydrogen) atoms. The van der Waals surface area contributed by atoms with Gasteiger partial charge in [-0.3, -0.25) is 9.69 Å². The number of hydrogen-bond acceptors (Lipinski definition) is 4. The van der Waals surface area contributed by atoms with Gasteiger partial charge < -0.3 is 9.47 Å². The molecule has 0 saturated carbocycles. The van der Waals surface area contributed by atoms with Crippen LogP contribution >= 0.6 is 0 Å². The van der Waals surface area contributed by atoms with Gasteiger partial charge >= 0.3 is 5.97 Å². The third kappa shape index (κ3) is 2.69. The zero-order valence-electron chi connectivity index (χ0n) is 10.1. The Labute approximate surface area is 91.5 Å². The molecular formula is C11H21NO3. The summed E-state index contributed by atoms with van der Waals surface area (Å²) in [4.78, 5) is 13.0. The number of rotatable bonds is 4. The van der Waals surface area contributed by atoms with Crippen LogP contribution < -0.4 is 0 Å². The van der Waals surface area contributed by atoms with Crippen molar-refractivity contribution >= 4 is 5.97 Å². The third-order valence-electron chi connectivity index (χ3n) is 3.04. The summed E-state index contributed by atoms with van der Waals surface area (Å²) < 4.78 is 10.9. The number of hydrogen-bond donors (Lipinski definition) is 0. The predicted molar refractivity (Wildman–Crippen MR) is 57.4 cm³/mol. The van der Waals surface area contributed by atoms with Crippen molar-refractivity contribution in [3.05, 3.63) is 0 Å². The van der Waals surface area contributed by atoms with E-state index in [1.54, 1.807) is 0 Å². The number of carbonyl (C=O) groups is 1. The molecule has 4 nitrogen and oxygen atoms in total. The molecule has 0 aliphatic carbocycles. The minimum Gasteiger partial charge on any atom is -0.461 e. The van der Waals surface area contributed by atoms with Crippen LogP contribution in [0, 0.1) is 0 Å². The summed E-state index contributed by atoms with van der Waals surface area (Å²) in [7, 11) is 2.02. The molecule has 0 amide bonds. The molecule has 1 fully saturated rings. The Morgan fingerprint density at radius 2 is 2.33 bits per heavy atom. The van der Waals surface area contributed by atoms with Crippen molar-refractivity contribution < 1.29 is 14.3 Å². The molecule has 1 aliphatic heterocycles. The van der Waals surface area contributed by atoms with E-state index in [9.17, 15) is 4.79 Å². The number of likely N-dealkylation sites (N-methyl/N-ethyl adjacent to an activating group) is 1. The first-order valence-electron chi connectivity index (χ1n) is 5.52. The fourth-order valence-corrected chi connectivity index (χ4v) is 1.96. The van der Waals surface area contributed by atoms with Crippen LogP contribution in [0.1, 0.15) is 33.6 Å². The average Bonchev–Trinajstić information content (AvgIpc) is 2.45. The highest BCUT2D eigenvalue weighted by molar-refractivity contribution is 5.65. The zero-order chi connectivity index (χ0) is 11.5. The lowest BCUT2D eigenvalue weighted by Crippen LogP contribution is -2.49. The molecule has 0 radical (unpaired) electrons. The second kappa shape index (κ2) is 4.94. The maximum absolute atomic E-state index is 10.8. The van der Waals surface area contributed by atoms with Crippen LogP contribution in [-0.2, 0) is 14.3 Å². The molecule has 2 unspecified atom stereocenters. The molecule has 0 N–H and O–H groups in total. The van der Waals surface area contributed by atoms with Crippen molar-refractivity contribution in [3.63, 3.8) is 0 Å². The molecule has 1 aliphatic rings. The van der Waals surface area contributed by atoms with Gasteiger partial charge in [0.2, 0.25) is 0 Å². The SMILES string of the molecule is CCCC1(COC(C)=O)OCC(C)N1C. The first-order valence-corrected chi connectivity index (χ1v) is 5.52. The van der Waals surface area contributed by atoms with E-state index in [0.29, 0.717) is 19.3 Å². The average molecular weight is 215 g/mol. The van der Waals surface area contributed by atoms with E-state index < -0.39 is 5.72 Å². The Morgan fingerprint density at radius 3 is 2.73 bits per heavy atom. The normalized spacial score (nSPS) is 31.9. The van der Waals surface area contributed by atoms with E-state index in [2.05, 4.69) is 18.7 Å². The fourth-order valence-electron chi connectivity index (χ4n) is 1.96. The van der Waals surface area contributed by atoms with E-state index in [-0.39, 0.29) is 5.97 Å². The Morgan fingerprint density at radius 1 is 1.67 bits per heavy atom. The molecule has 2 atom stereocenters. The van der Waals surface area contributed by atoms with Crippen molar-refractivity contribution in [1.29, 1.82) is 0 Å². The van der Waals surface area contributed by atoms with Gasteiger partial charge in [0.1, 0.15) is 6.61 Å². The van der Waals surface area contributed by atoms with Crippen LogP contribution in [0.4, 0.5) is 0 Å². The summed E-state index contributed by atoms with van der Waals surface area (Å²) in [5.41, 5.74) is -0.403. The summed E-state index contributed by atoms with van der Waals surface area (Å²) in [5.74, 6) is -0.248. The molecular weight excluding hydrogens is 194 g/mol. The minimum absolute atomic E-state index is 0.248. The molecule has 1 saturated heterocycles. The summed E-state index contributed by atoms with van der Waals surface area (Å²) in [6.45, 7) is 6.69. The van der Waals surface area contributed by atoms with Gasteiger partial charge in [0.15, 0.2) is 5.72 Å². The van der Waals surface area contributed by atoms with E-state index >= 15 is 0 Å². The van der Waals surface area contributed by atoms with E-state index in [4.69, 9.17) is 9.47 Å². The van der Waals surface area contributed by atoms with Crippen LogP contribution in [0.25, 0.3) is 0 Å². The molecule has 0 aromatic carbocycles. The molecule has 1 heterocycles. The maximum atomic E-state index is 10.8. The Hall–Kier alpha value is -0.610. The quantitative estimate of drug-likeness (QED) is 0.664. The first-order chi connectivity index (χ1) is 7.02. The van der Waals surface area contributed by atoms with Crippen LogP contribution in [0.3, 0.4) is 0 Å². The molecule has 0 aromatic heterocycles. The summed E-state index contributed by atoms with van der Waals surface area (Å²) in [5, 5.41) is 0. The van der Waals surface area contributed by atoms with Gasteiger partial charge in [-0.2, -0.15) is 0 Å². The van der Waals surface area contributed by atoms with Crippen LogP contribution in [0.15, 0.2) is 0 Å². The smallest absolute Gasteiger partial charge is 0.302 e. The van der Waals surface area contributed by atoms with Crippen molar-refractivity contribution in [2.24, 2.45) is 0 Å². The lowest BCUT2D eigenvalue weighted by Gasteiger charge is -2.35. The lowest BCUT2D eigenvalue weighted by atomic mass is 10.1. The molecule has 88 valence electrons. The van der Waals surface area contributed by atoms with Crippen LogP contribution in [-0.4, -0.2) is 42.9 Å². The number of nitrogens with zero attached hydrogens (tertiary/aromatic N) is 1. The molecule has 0 aromatic rings. The molecule has 0 bridgehead atoms. The van der Waals surface area contributed by atoms with Gasteiger partial charge in [-0.15, -0.1) is 0 Å². The molecule has 4 heteroatoms. The fraction of sp³-hybridized carbons (Fsp3) is 0.909. The number of ether oxygens (including phenoxy) is 2. The van der Waals surface area contributed by atoms with Crippen molar-refractivity contribution in [2.75, 3.05) is 20.3 Å². The predicted octanol–water partition coefficient (Wildman–Crippen LogP) is 1.40. The Kier molecular flexibility index (Phi) is 4.11. The van der Waals surface area contributed by atoms with Crippen molar-refractivity contribution in [3.8, 4) is 0 Å². The highest BCUT2D eigenvalue weighted by atomic mass is 16.6. The van der Waals surface area contributed by atoms with Gasteiger partial charge in [-0.25, -0.2) is 0 Å². The van der Waals surface area contributed by atoms with Crippen molar-refractivity contribution in [1.82, 2.24) is 4.90 Å². The second-order valence-corrected chi connectivity index (χ2v) is 4.25.